The fraction of sp³-hybridized carbons (Fsp3) is 0.620. The number of anilines is 1. The molecule has 11 atom stereocenters. The molecule has 0 radical (unpaired) electrons. The van der Waals surface area contributed by atoms with Crippen LogP contribution in [-0.2, 0) is 60.7 Å². The van der Waals surface area contributed by atoms with Crippen molar-refractivity contribution in [1.82, 2.24) is 45.3 Å². The molecule has 0 unspecified atom stereocenters. The maximum absolute atomic E-state index is 15.8. The molecular formula is C71H106N10O11. The molecule has 92 heavy (non-hydrogen) atoms. The van der Waals surface area contributed by atoms with Crippen molar-refractivity contribution < 1.29 is 53.0 Å². The summed E-state index contributed by atoms with van der Waals surface area (Å²) in [6.07, 6.45) is -0.0505. The molecule has 3 aromatic carbocycles. The summed E-state index contributed by atoms with van der Waals surface area (Å²) in [7, 11) is 7.84. The number of rotatable bonds is 15. The smallest absolute Gasteiger partial charge is 0.332 e. The average Bonchev–Trinajstić information content (AvgIpc) is 1.31. The Morgan fingerprint density at radius 3 is 1.66 bits per heavy atom. The van der Waals surface area contributed by atoms with Gasteiger partial charge in [0, 0.05) is 85.4 Å². The van der Waals surface area contributed by atoms with Gasteiger partial charge < -0.3 is 60.1 Å². The normalized spacial score (nSPS) is 25.7. The molecule has 3 aliphatic rings. The zero-order valence-corrected chi connectivity index (χ0v) is 57.7. The molecule has 8 amide bonds. The van der Waals surface area contributed by atoms with Gasteiger partial charge in [-0.25, -0.2) is 4.79 Å². The van der Waals surface area contributed by atoms with E-state index in [1.165, 1.54) is 61.6 Å². The van der Waals surface area contributed by atoms with Crippen molar-refractivity contribution >= 4 is 58.9 Å². The molecule has 3 aromatic rings. The zero-order chi connectivity index (χ0) is 68.2. The number of carbonyl (C=O) groups excluding carboxylic acids is 9. The van der Waals surface area contributed by atoms with Crippen LogP contribution in [0.25, 0.3) is 11.1 Å². The van der Waals surface area contributed by atoms with Gasteiger partial charge in [0.25, 0.3) is 5.91 Å². The average molecular weight is 1280 g/mol. The third kappa shape index (κ3) is 18.0. The number of aliphatic hydroxyl groups is 1. The molecule has 0 aliphatic carbocycles. The van der Waals surface area contributed by atoms with Crippen LogP contribution in [0.4, 0.5) is 5.69 Å². The summed E-state index contributed by atoms with van der Waals surface area (Å²) in [4.78, 5) is 148. The molecule has 21 nitrogen and oxygen atoms in total. The summed E-state index contributed by atoms with van der Waals surface area (Å²) in [5.74, 6) is -8.78. The van der Waals surface area contributed by atoms with Gasteiger partial charge in [0.15, 0.2) is 12.1 Å². The largest absolute Gasteiger partial charge is 0.450 e. The lowest BCUT2D eigenvalue weighted by Gasteiger charge is -2.39. The predicted molar refractivity (Wildman–Crippen MR) is 356 cm³/mol. The van der Waals surface area contributed by atoms with E-state index in [9.17, 15) is 19.5 Å². The number of nitrogens with one attached hydrogen (secondary N) is 3. The van der Waals surface area contributed by atoms with E-state index in [0.29, 0.717) is 30.4 Å². The lowest BCUT2D eigenvalue weighted by atomic mass is 9.93. The molecule has 4 N–H and O–H groups in total. The van der Waals surface area contributed by atoms with Gasteiger partial charge in [-0.2, -0.15) is 0 Å². The van der Waals surface area contributed by atoms with E-state index in [1.54, 1.807) is 41.5 Å². The first-order valence-corrected chi connectivity index (χ1v) is 33.2. The molecule has 6 rings (SSSR count). The Bertz CT molecular complexity index is 3030. The number of hydrogen-bond donors (Lipinski definition) is 4. The number of carbonyl (C=O) groups is 9. The molecule has 0 bridgehead atoms. The van der Waals surface area contributed by atoms with Gasteiger partial charge in [0.1, 0.15) is 42.3 Å². The molecule has 0 spiro atoms. The van der Waals surface area contributed by atoms with E-state index < -0.39 is 137 Å². The third-order valence-corrected chi connectivity index (χ3v) is 19.0. The minimum Gasteiger partial charge on any atom is -0.450 e. The number of benzene rings is 3. The number of likely N-dealkylation sites (N-methyl/N-ethyl adjacent to an activating group) is 5. The van der Waals surface area contributed by atoms with E-state index in [1.807, 2.05) is 82.3 Å². The van der Waals surface area contributed by atoms with Gasteiger partial charge in [-0.1, -0.05) is 142 Å². The number of hydrogen-bond acceptors (Lipinski definition) is 13. The van der Waals surface area contributed by atoms with Crippen LogP contribution < -0.4 is 20.9 Å². The topological polar surface area (TPSA) is 242 Å². The number of ether oxygens (including phenoxy) is 1. The Morgan fingerprint density at radius 2 is 1.11 bits per heavy atom. The minimum atomic E-state index is -1.98. The van der Waals surface area contributed by atoms with Gasteiger partial charge in [-0.05, 0) is 105 Å². The van der Waals surface area contributed by atoms with Crippen LogP contribution in [-0.4, -0.2) is 216 Å². The monoisotopic (exact) mass is 1270 g/mol. The van der Waals surface area contributed by atoms with E-state index in [-0.39, 0.29) is 38.1 Å². The van der Waals surface area contributed by atoms with Gasteiger partial charge >= 0.3 is 5.97 Å². The lowest BCUT2D eigenvalue weighted by Crippen LogP contribution is -2.63. The maximum Gasteiger partial charge on any atom is 0.332 e. The van der Waals surface area contributed by atoms with Gasteiger partial charge in [-0.3, -0.25) is 38.4 Å². The highest BCUT2D eigenvalue weighted by Crippen LogP contribution is 2.30. The van der Waals surface area contributed by atoms with Crippen molar-refractivity contribution in [2.24, 2.45) is 29.6 Å². The van der Waals surface area contributed by atoms with Crippen LogP contribution in [0.3, 0.4) is 0 Å². The first-order valence-electron chi connectivity index (χ1n) is 33.2. The van der Waals surface area contributed by atoms with Crippen molar-refractivity contribution in [3.8, 4) is 11.1 Å². The lowest BCUT2D eigenvalue weighted by molar-refractivity contribution is -0.177. The predicted octanol–water partition coefficient (Wildman–Crippen LogP) is 5.79. The fourth-order valence-electron chi connectivity index (χ4n) is 13.2. The summed E-state index contributed by atoms with van der Waals surface area (Å²) < 4.78 is 6.15. The van der Waals surface area contributed by atoms with Crippen molar-refractivity contribution in [1.29, 1.82) is 0 Å². The Morgan fingerprint density at radius 1 is 0.554 bits per heavy atom. The number of nitrogens with zero attached hydrogens (tertiary/aromatic N) is 7. The minimum absolute atomic E-state index is 0.00210. The van der Waals surface area contributed by atoms with Crippen molar-refractivity contribution in [3.05, 3.63) is 90.0 Å². The van der Waals surface area contributed by atoms with E-state index >= 15 is 28.8 Å². The molecule has 506 valence electrons. The van der Waals surface area contributed by atoms with Crippen LogP contribution >= 0.6 is 0 Å². The van der Waals surface area contributed by atoms with Crippen LogP contribution in [0.5, 0.6) is 0 Å². The summed E-state index contributed by atoms with van der Waals surface area (Å²) in [6, 6.07) is 14.9. The molecule has 0 aromatic heterocycles. The molecule has 3 fully saturated rings. The number of fused-ring (bicyclic) bond motifs is 1. The Labute approximate surface area is 546 Å². The Balaban J connectivity index is 1.50. The van der Waals surface area contributed by atoms with Crippen LogP contribution in [0.15, 0.2) is 78.9 Å². The van der Waals surface area contributed by atoms with Crippen LogP contribution in [0.1, 0.15) is 126 Å². The highest BCUT2D eigenvalue weighted by atomic mass is 16.6. The SMILES string of the molecule is CC[C@H](C)[C@@H]1NC(=O)[C@@H]2CCCN2C(=O)[C@H](Cc2cccc(-c3ccc(N4CCN(C)CC4)cc3)c2)N(C)C(=O)[C@H](Cc2ccccc2)NC(=O)[C@H](C(C)C)N(C)C(=O)[C@@H]([C@@H](C)CC)OC(=O)[C@H](C(C)(C)O)N(C)C(=O)[C@H](CC(C)C)NC(=O)[C@H](C(C)C)N(C)C1=O. The highest BCUT2D eigenvalue weighted by molar-refractivity contribution is 5.99. The van der Waals surface area contributed by atoms with E-state index in [0.717, 1.165) is 47.9 Å². The number of piperazine rings is 1. The quantitative estimate of drug-likeness (QED) is 0.132. The third-order valence-electron chi connectivity index (χ3n) is 19.0. The Kier molecular flexibility index (Phi) is 26.0. The van der Waals surface area contributed by atoms with Crippen molar-refractivity contribution in [3.63, 3.8) is 0 Å². The second kappa shape index (κ2) is 32.4. The summed E-state index contributed by atoms with van der Waals surface area (Å²) in [5, 5.41) is 20.7. The van der Waals surface area contributed by atoms with Crippen LogP contribution in [0, 0.1) is 29.6 Å². The second-order valence-corrected chi connectivity index (χ2v) is 27.7. The highest BCUT2D eigenvalue weighted by Gasteiger charge is 2.48. The number of amides is 8. The molecule has 3 heterocycles. The number of cyclic esters (lactones) is 1. The Hall–Kier alpha value is -7.39. The molecule has 0 saturated carbocycles. The van der Waals surface area contributed by atoms with E-state index in [2.05, 4.69) is 57.1 Å². The second-order valence-electron chi connectivity index (χ2n) is 27.7. The van der Waals surface area contributed by atoms with Gasteiger partial charge in [0.2, 0.25) is 41.4 Å². The van der Waals surface area contributed by atoms with Gasteiger partial charge in [0.05, 0.1) is 5.60 Å². The number of esters is 1. The van der Waals surface area contributed by atoms with E-state index in [4.69, 9.17) is 4.74 Å². The zero-order valence-electron chi connectivity index (χ0n) is 57.7. The standard InChI is InChI=1S/C71H106N10O11/c1-18-46(9)57-68(88)77(15)58(44(5)6)63(83)72-53(39-43(3)4)66(86)79(17)61(71(11,12)91)70(90)92-60(47(10)19-2)69(89)78(16)59(45(7)8)64(84)73-54(41-48-25-21-20-22-26-48)65(85)76(14)56(67(87)81-34-24-29-55(81)62(82)74-57)42-49-27-23-28-51(40-49)50-30-32-52(33-31-50)80-37-35-75(13)36-38-80/h20-23,25-28,30-33,40,43-47,53-61,91H,18-19,24,29,34-39,41-42H2,1-17H3,(H,72,83)(H,73,84)(H,74,82)/t46-,47-,53-,54-,55-,56-,57-,58-,59-,60+,61+/m0/s1. The van der Waals surface area contributed by atoms with Crippen LogP contribution in [0.2, 0.25) is 0 Å². The maximum atomic E-state index is 15.8. The molecular weight excluding hydrogens is 1170 g/mol. The molecule has 3 aliphatic heterocycles. The molecule has 21 heteroatoms. The summed E-state index contributed by atoms with van der Waals surface area (Å²) in [6.45, 7) is 24.5. The van der Waals surface area contributed by atoms with Crippen molar-refractivity contribution in [2.45, 2.75) is 188 Å². The van der Waals surface area contributed by atoms with Gasteiger partial charge in [-0.15, -0.1) is 0 Å². The fourth-order valence-corrected chi connectivity index (χ4v) is 13.2. The van der Waals surface area contributed by atoms with Crippen molar-refractivity contribution in [2.75, 3.05) is 72.9 Å². The first-order chi connectivity index (χ1) is 43.3. The summed E-state index contributed by atoms with van der Waals surface area (Å²) in [5.41, 5.74) is 2.36. The first kappa shape index (κ1) is 73.7. The summed E-state index contributed by atoms with van der Waals surface area (Å²) >= 11 is 0. The molecule has 3 saturated heterocycles.